The van der Waals surface area contributed by atoms with E-state index in [1.165, 1.54) is 5.56 Å². The molecule has 0 heterocycles. The van der Waals surface area contributed by atoms with Gasteiger partial charge in [0, 0.05) is 5.56 Å². The van der Waals surface area contributed by atoms with Crippen molar-refractivity contribution in [2.75, 3.05) is 19.6 Å². The Hall–Kier alpha value is -1.61. The monoisotopic (exact) mass is 261 g/mol. The van der Waals surface area contributed by atoms with Crippen LogP contribution in [0.3, 0.4) is 0 Å². The van der Waals surface area contributed by atoms with Gasteiger partial charge < -0.3 is 10.2 Å². The lowest BCUT2D eigenvalue weighted by Crippen LogP contribution is -2.48. The van der Waals surface area contributed by atoms with Crippen LogP contribution in [-0.4, -0.2) is 30.0 Å². The van der Waals surface area contributed by atoms with Crippen molar-refractivity contribution in [1.29, 1.82) is 0 Å². The number of quaternary nitrogens is 1. The highest BCUT2D eigenvalue weighted by Crippen LogP contribution is 2.17. The van der Waals surface area contributed by atoms with Crippen LogP contribution in [0, 0.1) is 0 Å². The fourth-order valence-corrected chi connectivity index (χ4v) is 2.40. The number of carbonyl (C=O) groups excluding carboxylic acids is 1. The standard InChI is InChI=1S/C16H24N2O/c1-4-14-8-7-9-15(12-14)13-18(5-2,6-3)11-10-16(17)19/h4,7-9,12H,1,5-6,10-11,13H2,2-3H3,(H-,17,19)/p+1. The fraction of sp³-hybridized carbons (Fsp3) is 0.438. The van der Waals surface area contributed by atoms with E-state index in [-0.39, 0.29) is 5.91 Å². The van der Waals surface area contributed by atoms with Crippen molar-refractivity contribution < 1.29 is 9.28 Å². The van der Waals surface area contributed by atoms with Crippen LogP contribution < -0.4 is 5.73 Å². The summed E-state index contributed by atoms with van der Waals surface area (Å²) in [6.07, 6.45) is 2.31. The second kappa shape index (κ2) is 7.10. The molecule has 104 valence electrons. The molecule has 0 fully saturated rings. The van der Waals surface area contributed by atoms with Crippen LogP contribution in [0.15, 0.2) is 30.8 Å². The third-order valence-electron chi connectivity index (χ3n) is 3.88. The molecule has 0 radical (unpaired) electrons. The summed E-state index contributed by atoms with van der Waals surface area (Å²) in [5.74, 6) is -0.218. The highest BCUT2D eigenvalue weighted by atomic mass is 16.1. The molecule has 0 atom stereocenters. The lowest BCUT2D eigenvalue weighted by atomic mass is 10.1. The molecule has 0 aromatic heterocycles. The first-order chi connectivity index (χ1) is 9.05. The summed E-state index contributed by atoms with van der Waals surface area (Å²) < 4.78 is 0.892. The predicted molar refractivity (Wildman–Crippen MR) is 80.3 cm³/mol. The van der Waals surface area contributed by atoms with Crippen LogP contribution in [0.5, 0.6) is 0 Å². The first-order valence-electron chi connectivity index (χ1n) is 6.90. The number of rotatable bonds is 8. The average molecular weight is 261 g/mol. The van der Waals surface area contributed by atoms with E-state index in [9.17, 15) is 4.79 Å². The minimum absolute atomic E-state index is 0.218. The Morgan fingerprint density at radius 1 is 1.37 bits per heavy atom. The Morgan fingerprint density at radius 2 is 2.05 bits per heavy atom. The molecule has 1 rings (SSSR count). The van der Waals surface area contributed by atoms with E-state index in [0.717, 1.165) is 36.2 Å². The first-order valence-corrected chi connectivity index (χ1v) is 6.90. The van der Waals surface area contributed by atoms with Gasteiger partial charge in [0.1, 0.15) is 6.54 Å². The fourth-order valence-electron chi connectivity index (χ4n) is 2.40. The molecular weight excluding hydrogens is 236 g/mol. The Bertz CT molecular complexity index is 436. The molecule has 0 aliphatic rings. The van der Waals surface area contributed by atoms with E-state index in [1.54, 1.807) is 0 Å². The van der Waals surface area contributed by atoms with E-state index in [4.69, 9.17) is 5.73 Å². The van der Waals surface area contributed by atoms with Crippen molar-refractivity contribution in [3.05, 3.63) is 42.0 Å². The van der Waals surface area contributed by atoms with Gasteiger partial charge in [0.25, 0.3) is 0 Å². The Kier molecular flexibility index (Phi) is 5.77. The SMILES string of the molecule is C=Cc1cccc(C[N+](CC)(CC)CCC(N)=O)c1. The zero-order valence-electron chi connectivity index (χ0n) is 12.1. The maximum atomic E-state index is 11.0. The molecule has 1 amide bonds. The van der Waals surface area contributed by atoms with Gasteiger partial charge in [-0.2, -0.15) is 0 Å². The van der Waals surface area contributed by atoms with Gasteiger partial charge in [-0.1, -0.05) is 30.9 Å². The number of carbonyl (C=O) groups is 1. The zero-order valence-corrected chi connectivity index (χ0v) is 12.1. The van der Waals surface area contributed by atoms with E-state index < -0.39 is 0 Å². The summed E-state index contributed by atoms with van der Waals surface area (Å²) in [5, 5.41) is 0. The molecule has 3 nitrogen and oxygen atoms in total. The van der Waals surface area contributed by atoms with Gasteiger partial charge in [0.2, 0.25) is 5.91 Å². The van der Waals surface area contributed by atoms with E-state index in [1.807, 2.05) is 12.1 Å². The highest BCUT2D eigenvalue weighted by molar-refractivity contribution is 5.73. The number of hydrogen-bond donors (Lipinski definition) is 1. The van der Waals surface area contributed by atoms with Crippen molar-refractivity contribution in [2.45, 2.75) is 26.8 Å². The molecule has 0 bridgehead atoms. The topological polar surface area (TPSA) is 43.1 Å². The summed E-state index contributed by atoms with van der Waals surface area (Å²) in [5.41, 5.74) is 7.71. The summed E-state index contributed by atoms with van der Waals surface area (Å²) in [6.45, 7) is 11.9. The number of amides is 1. The molecule has 1 aromatic carbocycles. The van der Waals surface area contributed by atoms with Crippen LogP contribution in [-0.2, 0) is 11.3 Å². The van der Waals surface area contributed by atoms with Gasteiger partial charge in [-0.3, -0.25) is 4.79 Å². The second-order valence-electron chi connectivity index (χ2n) is 5.02. The van der Waals surface area contributed by atoms with Crippen LogP contribution in [0.25, 0.3) is 6.08 Å². The van der Waals surface area contributed by atoms with Gasteiger partial charge in [-0.25, -0.2) is 0 Å². The summed E-state index contributed by atoms with van der Waals surface area (Å²) in [4.78, 5) is 11.0. The molecule has 0 aliphatic heterocycles. The normalized spacial score (nSPS) is 11.3. The molecule has 2 N–H and O–H groups in total. The summed E-state index contributed by atoms with van der Waals surface area (Å²) in [7, 11) is 0. The van der Waals surface area contributed by atoms with Crippen molar-refractivity contribution in [2.24, 2.45) is 5.73 Å². The van der Waals surface area contributed by atoms with Crippen LogP contribution >= 0.6 is 0 Å². The third-order valence-corrected chi connectivity index (χ3v) is 3.88. The largest absolute Gasteiger partial charge is 0.369 e. The first kappa shape index (κ1) is 15.4. The molecule has 19 heavy (non-hydrogen) atoms. The van der Waals surface area contributed by atoms with Gasteiger partial charge in [-0.05, 0) is 25.5 Å². The van der Waals surface area contributed by atoms with Gasteiger partial charge in [0.15, 0.2) is 0 Å². The van der Waals surface area contributed by atoms with E-state index in [0.29, 0.717) is 6.42 Å². The number of primary amides is 1. The van der Waals surface area contributed by atoms with Crippen molar-refractivity contribution in [1.82, 2.24) is 0 Å². The van der Waals surface area contributed by atoms with Crippen LogP contribution in [0.2, 0.25) is 0 Å². The van der Waals surface area contributed by atoms with Gasteiger partial charge in [0.05, 0.1) is 26.1 Å². The third kappa shape index (κ3) is 4.52. The van der Waals surface area contributed by atoms with Gasteiger partial charge >= 0.3 is 0 Å². The lowest BCUT2D eigenvalue weighted by Gasteiger charge is -2.36. The van der Waals surface area contributed by atoms with Gasteiger partial charge in [-0.15, -0.1) is 0 Å². The predicted octanol–water partition coefficient (Wildman–Crippen LogP) is 2.56. The van der Waals surface area contributed by atoms with Crippen molar-refractivity contribution in [3.8, 4) is 0 Å². The lowest BCUT2D eigenvalue weighted by molar-refractivity contribution is -0.937. The number of nitrogens with two attached hydrogens (primary N) is 1. The molecule has 0 saturated carbocycles. The Balaban J connectivity index is 2.86. The molecule has 0 aliphatic carbocycles. The summed E-state index contributed by atoms with van der Waals surface area (Å²) >= 11 is 0. The minimum Gasteiger partial charge on any atom is -0.369 e. The van der Waals surface area contributed by atoms with E-state index >= 15 is 0 Å². The molecule has 0 unspecified atom stereocenters. The average Bonchev–Trinajstić information content (AvgIpc) is 2.43. The quantitative estimate of drug-likeness (QED) is 0.718. The molecule has 1 aromatic rings. The Labute approximate surface area is 116 Å². The van der Waals surface area contributed by atoms with Crippen molar-refractivity contribution >= 4 is 12.0 Å². The molecule has 3 heteroatoms. The summed E-state index contributed by atoms with van der Waals surface area (Å²) in [6, 6.07) is 8.40. The molecule has 0 saturated heterocycles. The maximum Gasteiger partial charge on any atom is 0.223 e. The van der Waals surface area contributed by atoms with Crippen LogP contribution in [0.4, 0.5) is 0 Å². The number of benzene rings is 1. The maximum absolute atomic E-state index is 11.0. The van der Waals surface area contributed by atoms with Crippen LogP contribution in [0.1, 0.15) is 31.4 Å². The number of hydrogen-bond acceptors (Lipinski definition) is 1. The Morgan fingerprint density at radius 3 is 2.58 bits per heavy atom. The van der Waals surface area contributed by atoms with Crippen molar-refractivity contribution in [3.63, 3.8) is 0 Å². The minimum atomic E-state index is -0.218. The molecular formula is C16H25N2O+. The smallest absolute Gasteiger partial charge is 0.223 e. The molecule has 0 spiro atoms. The second-order valence-corrected chi connectivity index (χ2v) is 5.02. The number of nitrogens with zero attached hydrogens (tertiary/aromatic N) is 1. The van der Waals surface area contributed by atoms with E-state index in [2.05, 4.69) is 38.6 Å². The highest BCUT2D eigenvalue weighted by Gasteiger charge is 2.24. The zero-order chi connectivity index (χ0) is 14.3.